The molecule has 2 aromatic heterocycles. The Morgan fingerprint density at radius 2 is 2.08 bits per heavy atom. The summed E-state index contributed by atoms with van der Waals surface area (Å²) in [6.45, 7) is 2.28. The Balaban J connectivity index is 1.52. The second-order valence-corrected chi connectivity index (χ2v) is 6.34. The standard InChI is InChI=1S/C17H18ClN5O/c18-13-5-3-12(4-6-13)8-19-16-15-17(21-10-20-16)23(11-22-15)9-14-2-1-7-24-14/h3-6,10-11,14H,1-2,7-9H2,(H,19,20,21). The molecule has 4 rings (SSSR count). The van der Waals surface area contributed by atoms with E-state index >= 15 is 0 Å². The van der Waals surface area contributed by atoms with Gasteiger partial charge in [-0.25, -0.2) is 15.0 Å². The van der Waals surface area contributed by atoms with Crippen LogP contribution in [0.3, 0.4) is 0 Å². The van der Waals surface area contributed by atoms with Crippen LogP contribution in [0.5, 0.6) is 0 Å². The highest BCUT2D eigenvalue weighted by Gasteiger charge is 2.18. The molecule has 0 saturated carbocycles. The fourth-order valence-corrected chi connectivity index (χ4v) is 3.07. The predicted molar refractivity (Wildman–Crippen MR) is 93.1 cm³/mol. The van der Waals surface area contributed by atoms with Gasteiger partial charge in [-0.1, -0.05) is 23.7 Å². The molecule has 7 heteroatoms. The molecule has 1 fully saturated rings. The Bertz CT molecular complexity index is 827. The first-order valence-electron chi connectivity index (χ1n) is 8.05. The summed E-state index contributed by atoms with van der Waals surface area (Å²) in [7, 11) is 0. The van der Waals surface area contributed by atoms with E-state index in [4.69, 9.17) is 16.3 Å². The molecule has 124 valence electrons. The molecule has 1 atom stereocenters. The summed E-state index contributed by atoms with van der Waals surface area (Å²) in [5.74, 6) is 0.737. The molecule has 6 nitrogen and oxygen atoms in total. The normalized spacial score (nSPS) is 17.5. The van der Waals surface area contributed by atoms with Crippen LogP contribution in [0, 0.1) is 0 Å². The second kappa shape index (κ2) is 6.75. The first-order chi connectivity index (χ1) is 11.8. The van der Waals surface area contributed by atoms with Crippen LogP contribution in [-0.4, -0.2) is 32.2 Å². The number of halogens is 1. The van der Waals surface area contributed by atoms with Crippen LogP contribution in [0.4, 0.5) is 5.82 Å². The van der Waals surface area contributed by atoms with Gasteiger partial charge < -0.3 is 14.6 Å². The van der Waals surface area contributed by atoms with Gasteiger partial charge in [0.2, 0.25) is 0 Å². The van der Waals surface area contributed by atoms with E-state index in [1.807, 2.05) is 35.2 Å². The topological polar surface area (TPSA) is 64.9 Å². The van der Waals surface area contributed by atoms with E-state index in [-0.39, 0.29) is 6.10 Å². The minimum absolute atomic E-state index is 0.253. The first-order valence-corrected chi connectivity index (χ1v) is 8.43. The average molecular weight is 344 g/mol. The van der Waals surface area contributed by atoms with Gasteiger partial charge in [0.15, 0.2) is 11.5 Å². The first kappa shape index (κ1) is 15.4. The van der Waals surface area contributed by atoms with Gasteiger partial charge in [-0.05, 0) is 30.5 Å². The third kappa shape index (κ3) is 3.20. The van der Waals surface area contributed by atoms with Crippen LogP contribution < -0.4 is 5.32 Å². The summed E-state index contributed by atoms with van der Waals surface area (Å²) < 4.78 is 7.74. The van der Waals surface area contributed by atoms with E-state index in [9.17, 15) is 0 Å². The van der Waals surface area contributed by atoms with Gasteiger partial charge in [0.05, 0.1) is 19.0 Å². The Morgan fingerprint density at radius 1 is 1.21 bits per heavy atom. The van der Waals surface area contributed by atoms with Crippen LogP contribution in [0.25, 0.3) is 11.2 Å². The number of hydrogen-bond donors (Lipinski definition) is 1. The van der Waals surface area contributed by atoms with E-state index in [1.54, 1.807) is 6.33 Å². The molecular weight excluding hydrogens is 326 g/mol. The van der Waals surface area contributed by atoms with E-state index in [0.29, 0.717) is 6.54 Å². The van der Waals surface area contributed by atoms with E-state index < -0.39 is 0 Å². The molecule has 3 aromatic rings. The number of benzene rings is 1. The SMILES string of the molecule is Clc1ccc(CNc2ncnc3c2ncn3CC2CCCO2)cc1. The van der Waals surface area contributed by atoms with Crippen molar-refractivity contribution in [2.24, 2.45) is 0 Å². The summed E-state index contributed by atoms with van der Waals surface area (Å²) in [4.78, 5) is 13.2. The summed E-state index contributed by atoms with van der Waals surface area (Å²) in [5, 5.41) is 4.06. The average Bonchev–Trinajstić information content (AvgIpc) is 3.25. The second-order valence-electron chi connectivity index (χ2n) is 5.91. The smallest absolute Gasteiger partial charge is 0.165 e. The van der Waals surface area contributed by atoms with Crippen molar-refractivity contribution in [1.82, 2.24) is 19.5 Å². The van der Waals surface area contributed by atoms with Crippen molar-refractivity contribution >= 4 is 28.6 Å². The summed E-state index contributed by atoms with van der Waals surface area (Å²) in [5.41, 5.74) is 2.74. The molecule has 1 N–H and O–H groups in total. The van der Waals surface area contributed by atoms with Crippen molar-refractivity contribution in [1.29, 1.82) is 0 Å². The zero-order valence-corrected chi connectivity index (χ0v) is 13.9. The Kier molecular flexibility index (Phi) is 4.32. The number of nitrogens with zero attached hydrogens (tertiary/aromatic N) is 4. The molecule has 0 spiro atoms. The lowest BCUT2D eigenvalue weighted by molar-refractivity contribution is 0.0978. The minimum Gasteiger partial charge on any atom is -0.376 e. The molecule has 3 heterocycles. The molecule has 24 heavy (non-hydrogen) atoms. The van der Waals surface area contributed by atoms with Crippen molar-refractivity contribution in [3.63, 3.8) is 0 Å². The zero-order valence-electron chi connectivity index (χ0n) is 13.2. The number of fused-ring (bicyclic) bond motifs is 1. The van der Waals surface area contributed by atoms with Crippen molar-refractivity contribution in [2.45, 2.75) is 32.0 Å². The Hall–Kier alpha value is -2.18. The molecule has 1 aliphatic rings. The van der Waals surface area contributed by atoms with Crippen LogP contribution in [0.15, 0.2) is 36.9 Å². The fraction of sp³-hybridized carbons (Fsp3) is 0.353. The summed E-state index contributed by atoms with van der Waals surface area (Å²) >= 11 is 5.92. The molecule has 0 radical (unpaired) electrons. The quantitative estimate of drug-likeness (QED) is 0.770. The maximum atomic E-state index is 5.92. The third-order valence-electron chi connectivity index (χ3n) is 4.20. The van der Waals surface area contributed by atoms with Crippen LogP contribution in [-0.2, 0) is 17.8 Å². The van der Waals surface area contributed by atoms with Gasteiger partial charge in [-0.15, -0.1) is 0 Å². The summed E-state index contributed by atoms with van der Waals surface area (Å²) in [6, 6.07) is 7.74. The van der Waals surface area contributed by atoms with Crippen molar-refractivity contribution < 1.29 is 4.74 Å². The number of nitrogens with one attached hydrogen (secondary N) is 1. The summed E-state index contributed by atoms with van der Waals surface area (Å²) in [6.07, 6.45) is 5.85. The lowest BCUT2D eigenvalue weighted by Gasteiger charge is -2.10. The maximum Gasteiger partial charge on any atom is 0.165 e. The fourth-order valence-electron chi connectivity index (χ4n) is 2.94. The number of anilines is 1. The molecule has 1 unspecified atom stereocenters. The highest BCUT2D eigenvalue weighted by atomic mass is 35.5. The molecule has 1 aliphatic heterocycles. The molecule has 1 aromatic carbocycles. The molecule has 0 aliphatic carbocycles. The number of ether oxygens (including phenoxy) is 1. The van der Waals surface area contributed by atoms with Gasteiger partial charge in [-0.2, -0.15) is 0 Å². The van der Waals surface area contributed by atoms with Gasteiger partial charge in [-0.3, -0.25) is 0 Å². The maximum absolute atomic E-state index is 5.92. The number of aromatic nitrogens is 4. The van der Waals surface area contributed by atoms with Gasteiger partial charge in [0.1, 0.15) is 11.8 Å². The largest absolute Gasteiger partial charge is 0.376 e. The van der Waals surface area contributed by atoms with Crippen molar-refractivity contribution in [3.8, 4) is 0 Å². The predicted octanol–water partition coefficient (Wildman–Crippen LogP) is 3.27. The van der Waals surface area contributed by atoms with Crippen LogP contribution in [0.1, 0.15) is 18.4 Å². The zero-order chi connectivity index (χ0) is 16.4. The van der Waals surface area contributed by atoms with Gasteiger partial charge in [0, 0.05) is 18.2 Å². The molecule has 1 saturated heterocycles. The number of hydrogen-bond acceptors (Lipinski definition) is 5. The highest BCUT2D eigenvalue weighted by Crippen LogP contribution is 2.21. The third-order valence-corrected chi connectivity index (χ3v) is 4.45. The minimum atomic E-state index is 0.253. The number of rotatable bonds is 5. The van der Waals surface area contributed by atoms with Crippen molar-refractivity contribution in [3.05, 3.63) is 47.5 Å². The van der Waals surface area contributed by atoms with E-state index in [1.165, 1.54) is 0 Å². The monoisotopic (exact) mass is 343 g/mol. The number of imidazole rings is 1. The van der Waals surface area contributed by atoms with Crippen LogP contribution >= 0.6 is 11.6 Å². The van der Waals surface area contributed by atoms with Gasteiger partial charge in [0.25, 0.3) is 0 Å². The lowest BCUT2D eigenvalue weighted by Crippen LogP contribution is -2.14. The van der Waals surface area contributed by atoms with Crippen molar-refractivity contribution in [2.75, 3.05) is 11.9 Å². The highest BCUT2D eigenvalue weighted by molar-refractivity contribution is 6.30. The van der Waals surface area contributed by atoms with Gasteiger partial charge >= 0.3 is 0 Å². The van der Waals surface area contributed by atoms with E-state index in [0.717, 1.165) is 53.6 Å². The molecule has 0 bridgehead atoms. The molecule has 0 amide bonds. The Morgan fingerprint density at radius 3 is 2.88 bits per heavy atom. The van der Waals surface area contributed by atoms with E-state index in [2.05, 4.69) is 20.3 Å². The lowest BCUT2D eigenvalue weighted by atomic mass is 10.2. The molecular formula is C17H18ClN5O. The Labute approximate surface area is 144 Å². The van der Waals surface area contributed by atoms with Crippen LogP contribution in [0.2, 0.25) is 5.02 Å².